The number of hydrogen-bond acceptors (Lipinski definition) is 4. The number of pyridine rings is 2. The lowest BCUT2D eigenvalue weighted by atomic mass is 9.96. The van der Waals surface area contributed by atoms with Gasteiger partial charge in [-0.3, -0.25) is 9.78 Å². The van der Waals surface area contributed by atoms with Crippen LogP contribution in [0.4, 0.5) is 5.69 Å². The van der Waals surface area contributed by atoms with Crippen LogP contribution in [0.2, 0.25) is 0 Å². The van der Waals surface area contributed by atoms with Gasteiger partial charge in [0.1, 0.15) is 5.82 Å². The summed E-state index contributed by atoms with van der Waals surface area (Å²) in [6, 6.07) is 18.0. The molecule has 0 bridgehead atoms. The topological polar surface area (TPSA) is 75.1 Å². The molecule has 7 nitrogen and oxygen atoms in total. The van der Waals surface area contributed by atoms with Gasteiger partial charge in [-0.25, -0.2) is 4.98 Å². The first-order chi connectivity index (χ1) is 18.7. The van der Waals surface area contributed by atoms with Crippen molar-refractivity contribution in [2.75, 3.05) is 11.9 Å². The SMILES string of the molecule is Cc1ccnc(-n2c(C)cc([C@H]3[C@@H](c4ccccn4)NC(=S)N3CCC(=O)Nc3cc(C)ccc3C)c2C)c1. The third-order valence-corrected chi connectivity index (χ3v) is 7.72. The van der Waals surface area contributed by atoms with E-state index in [0.29, 0.717) is 18.1 Å². The molecule has 0 spiro atoms. The molecule has 4 aromatic rings. The van der Waals surface area contributed by atoms with Crippen LogP contribution in [0.15, 0.2) is 67.0 Å². The molecule has 2 N–H and O–H groups in total. The lowest BCUT2D eigenvalue weighted by Gasteiger charge is -2.28. The van der Waals surface area contributed by atoms with Gasteiger partial charge in [0.15, 0.2) is 5.11 Å². The molecule has 2 atom stereocenters. The van der Waals surface area contributed by atoms with Crippen LogP contribution in [0.5, 0.6) is 0 Å². The predicted octanol–water partition coefficient (Wildman–Crippen LogP) is 5.81. The normalized spacial score (nSPS) is 16.8. The quantitative estimate of drug-likeness (QED) is 0.289. The highest BCUT2D eigenvalue weighted by molar-refractivity contribution is 7.80. The summed E-state index contributed by atoms with van der Waals surface area (Å²) in [6.07, 6.45) is 3.95. The van der Waals surface area contributed by atoms with Gasteiger partial charge in [0.25, 0.3) is 0 Å². The smallest absolute Gasteiger partial charge is 0.226 e. The fourth-order valence-corrected chi connectivity index (χ4v) is 5.70. The molecule has 4 heterocycles. The Kier molecular flexibility index (Phi) is 7.48. The summed E-state index contributed by atoms with van der Waals surface area (Å²) in [5.41, 5.74) is 8.37. The molecule has 39 heavy (non-hydrogen) atoms. The van der Waals surface area contributed by atoms with Gasteiger partial charge in [0.05, 0.1) is 17.8 Å². The Morgan fingerprint density at radius 2 is 1.77 bits per heavy atom. The van der Waals surface area contributed by atoms with E-state index in [4.69, 9.17) is 12.2 Å². The summed E-state index contributed by atoms with van der Waals surface area (Å²) in [5.74, 6) is 0.847. The zero-order valence-corrected chi connectivity index (χ0v) is 23.8. The minimum Gasteiger partial charge on any atom is -0.352 e. The Bertz CT molecular complexity index is 1530. The van der Waals surface area contributed by atoms with Crippen LogP contribution in [0.25, 0.3) is 5.82 Å². The first kappa shape index (κ1) is 26.6. The molecule has 5 rings (SSSR count). The van der Waals surface area contributed by atoms with Crippen molar-refractivity contribution in [2.24, 2.45) is 0 Å². The summed E-state index contributed by atoms with van der Waals surface area (Å²) in [5, 5.41) is 7.21. The number of aryl methyl sites for hydroxylation is 4. The molecular weight excluding hydrogens is 504 g/mol. The van der Waals surface area contributed by atoms with Crippen LogP contribution in [-0.4, -0.2) is 37.0 Å². The summed E-state index contributed by atoms with van der Waals surface area (Å²) in [7, 11) is 0. The molecule has 1 aliphatic rings. The van der Waals surface area contributed by atoms with E-state index in [1.807, 2.05) is 62.5 Å². The van der Waals surface area contributed by atoms with Crippen LogP contribution < -0.4 is 10.6 Å². The van der Waals surface area contributed by atoms with Gasteiger partial charge >= 0.3 is 0 Å². The molecule has 1 aromatic carbocycles. The molecule has 200 valence electrons. The molecule has 8 heteroatoms. The van der Waals surface area contributed by atoms with E-state index in [9.17, 15) is 4.79 Å². The largest absolute Gasteiger partial charge is 0.352 e. The average Bonchev–Trinajstić information content (AvgIpc) is 3.39. The first-order valence-corrected chi connectivity index (χ1v) is 13.6. The summed E-state index contributed by atoms with van der Waals surface area (Å²) in [4.78, 5) is 24.5. The number of nitrogens with one attached hydrogen (secondary N) is 2. The minimum atomic E-state index is -0.153. The van der Waals surface area contributed by atoms with E-state index in [1.54, 1.807) is 6.20 Å². The van der Waals surface area contributed by atoms with E-state index in [2.05, 4.69) is 63.0 Å². The first-order valence-electron chi connectivity index (χ1n) is 13.2. The van der Waals surface area contributed by atoms with Gasteiger partial charge in [-0.15, -0.1) is 0 Å². The second kappa shape index (κ2) is 11.0. The highest BCUT2D eigenvalue weighted by Crippen LogP contribution is 2.41. The summed E-state index contributed by atoms with van der Waals surface area (Å²) in [6.45, 7) is 10.8. The predicted molar refractivity (Wildman–Crippen MR) is 159 cm³/mol. The van der Waals surface area contributed by atoms with Gasteiger partial charge in [-0.1, -0.05) is 18.2 Å². The highest BCUT2D eigenvalue weighted by Gasteiger charge is 2.41. The number of rotatable bonds is 7. The van der Waals surface area contributed by atoms with Crippen LogP contribution in [-0.2, 0) is 4.79 Å². The number of amides is 1. The van der Waals surface area contributed by atoms with E-state index in [-0.39, 0.29) is 18.0 Å². The van der Waals surface area contributed by atoms with Crippen molar-refractivity contribution in [3.8, 4) is 5.82 Å². The Labute approximate surface area is 235 Å². The third-order valence-electron chi connectivity index (χ3n) is 7.36. The molecule has 0 radical (unpaired) electrons. The standard InChI is InChI=1S/C31H34N6OS/c1-19-9-10-21(3)26(16-19)34-28(38)12-15-36-30(29(35-31(36)39)25-8-6-7-13-32-25)24-18-22(4)37(23(24)5)27-17-20(2)11-14-33-27/h6-11,13-14,16-18,29-30H,12,15H2,1-5H3,(H,34,38)(H,35,39)/t29-,30+/m1/s1. The minimum absolute atomic E-state index is 0.0408. The molecule has 0 aliphatic carbocycles. The molecular formula is C31H34N6OS. The van der Waals surface area contributed by atoms with Gasteiger partial charge in [0, 0.05) is 42.4 Å². The van der Waals surface area contributed by atoms with Gasteiger partial charge in [-0.2, -0.15) is 0 Å². The van der Waals surface area contributed by atoms with Crippen molar-refractivity contribution < 1.29 is 4.79 Å². The van der Waals surface area contributed by atoms with Crippen LogP contribution >= 0.6 is 12.2 Å². The van der Waals surface area contributed by atoms with Crippen LogP contribution in [0.3, 0.4) is 0 Å². The zero-order chi connectivity index (χ0) is 27.7. The number of carbonyl (C=O) groups is 1. The molecule has 1 fully saturated rings. The van der Waals surface area contributed by atoms with Crippen molar-refractivity contribution in [3.63, 3.8) is 0 Å². The number of nitrogens with zero attached hydrogens (tertiary/aromatic N) is 4. The number of carbonyl (C=O) groups excluding carboxylic acids is 1. The van der Waals surface area contributed by atoms with Crippen LogP contribution in [0.1, 0.15) is 57.8 Å². The van der Waals surface area contributed by atoms with E-state index < -0.39 is 0 Å². The number of hydrogen-bond donors (Lipinski definition) is 2. The second-order valence-corrected chi connectivity index (χ2v) is 10.7. The number of benzene rings is 1. The van der Waals surface area contributed by atoms with Gasteiger partial charge in [0.2, 0.25) is 5.91 Å². The number of anilines is 1. The lowest BCUT2D eigenvalue weighted by Crippen LogP contribution is -2.33. The molecule has 1 saturated heterocycles. The maximum absolute atomic E-state index is 13.0. The Hall–Kier alpha value is -4.04. The third kappa shape index (κ3) is 5.43. The van der Waals surface area contributed by atoms with Crippen molar-refractivity contribution in [2.45, 2.75) is 53.1 Å². The molecule has 1 aliphatic heterocycles. The van der Waals surface area contributed by atoms with Crippen molar-refractivity contribution in [3.05, 3.63) is 106 Å². The van der Waals surface area contributed by atoms with Crippen LogP contribution in [0, 0.1) is 34.6 Å². The lowest BCUT2D eigenvalue weighted by molar-refractivity contribution is -0.116. The van der Waals surface area contributed by atoms with E-state index in [1.165, 1.54) is 0 Å². The van der Waals surface area contributed by atoms with E-state index >= 15 is 0 Å². The summed E-state index contributed by atoms with van der Waals surface area (Å²) < 4.78 is 2.19. The van der Waals surface area contributed by atoms with Crippen molar-refractivity contribution >= 4 is 28.9 Å². The molecule has 0 saturated carbocycles. The Balaban J connectivity index is 1.47. The van der Waals surface area contributed by atoms with Gasteiger partial charge in [-0.05, 0) is 105 Å². The molecule has 3 aromatic heterocycles. The van der Waals surface area contributed by atoms with E-state index in [0.717, 1.165) is 50.8 Å². The highest BCUT2D eigenvalue weighted by atomic mass is 32.1. The second-order valence-electron chi connectivity index (χ2n) is 10.3. The Morgan fingerprint density at radius 1 is 0.974 bits per heavy atom. The van der Waals surface area contributed by atoms with Crippen molar-refractivity contribution in [1.82, 2.24) is 24.8 Å². The average molecular weight is 539 g/mol. The number of thiocarbonyl (C=S) groups is 1. The maximum Gasteiger partial charge on any atom is 0.226 e. The fourth-order valence-electron chi connectivity index (χ4n) is 5.37. The fraction of sp³-hybridized carbons (Fsp3) is 0.290. The maximum atomic E-state index is 13.0. The van der Waals surface area contributed by atoms with Crippen molar-refractivity contribution in [1.29, 1.82) is 0 Å². The molecule has 0 unspecified atom stereocenters. The Morgan fingerprint density at radius 3 is 2.51 bits per heavy atom. The summed E-state index contributed by atoms with van der Waals surface area (Å²) >= 11 is 5.84. The zero-order valence-electron chi connectivity index (χ0n) is 23.0. The number of aromatic nitrogens is 3. The van der Waals surface area contributed by atoms with Gasteiger partial charge < -0.3 is 20.1 Å². The monoisotopic (exact) mass is 538 g/mol. The molecule has 1 amide bonds.